The zero-order chi connectivity index (χ0) is 44.5. The second-order valence-electron chi connectivity index (χ2n) is 15.3. The Kier molecular flexibility index (Phi) is 10.7. The van der Waals surface area contributed by atoms with Crippen LogP contribution >= 0.6 is 0 Å². The Balaban J connectivity index is 0.999. The van der Waals surface area contributed by atoms with E-state index < -0.39 is 46.3 Å². The molecule has 16 bridgehead atoms. The van der Waals surface area contributed by atoms with Crippen molar-refractivity contribution < 1.29 is 38.4 Å². The molecule has 0 saturated carbocycles. The van der Waals surface area contributed by atoms with Crippen LogP contribution in [-0.2, 0) is 0 Å². The summed E-state index contributed by atoms with van der Waals surface area (Å²) < 4.78 is 0. The van der Waals surface area contributed by atoms with Crippen molar-refractivity contribution in [2.24, 2.45) is 0 Å². The van der Waals surface area contributed by atoms with E-state index in [0.717, 1.165) is 44.5 Å². The predicted molar refractivity (Wildman–Crippen MR) is 242 cm³/mol. The predicted octanol–water partition coefficient (Wildman–Crippen LogP) is 10.9. The Hall–Kier alpha value is -8.88. The highest BCUT2D eigenvalue weighted by Crippen LogP contribution is 2.27. The fourth-order valence-electron chi connectivity index (χ4n) is 7.56. The van der Waals surface area contributed by atoms with Gasteiger partial charge in [-0.15, -0.1) is 0 Å². The molecule has 0 aromatic heterocycles. The van der Waals surface area contributed by atoms with Gasteiger partial charge in [-0.3, -0.25) is 38.4 Å². The van der Waals surface area contributed by atoms with Crippen molar-refractivity contribution in [2.45, 2.75) is 0 Å². The SMILES string of the molecule is O=C1C(=O)c2ccc(cc2)-c2ccc(cc2)C(=O)C(=O)c2ccc(cc2)-c2ccc(cc2)C(=O)C(=O)c2ccc(cc2)-c2ccc(cc2)C(=O)C(=O)c2ccc(cc2)-c2ccc1cc2. The van der Waals surface area contributed by atoms with Gasteiger partial charge in [0.15, 0.2) is 0 Å². The van der Waals surface area contributed by atoms with E-state index in [0.29, 0.717) is 0 Å². The first kappa shape index (κ1) is 40.5. The number of rotatable bonds is 0. The molecule has 21 rings (SSSR count). The van der Waals surface area contributed by atoms with Crippen molar-refractivity contribution in [2.75, 3.05) is 0 Å². The highest BCUT2D eigenvalue weighted by atomic mass is 16.2. The molecule has 0 unspecified atom stereocenters. The van der Waals surface area contributed by atoms with E-state index in [9.17, 15) is 38.4 Å². The molecule has 0 atom stereocenters. The molecule has 64 heavy (non-hydrogen) atoms. The van der Waals surface area contributed by atoms with Gasteiger partial charge < -0.3 is 0 Å². The van der Waals surface area contributed by atoms with Crippen LogP contribution < -0.4 is 0 Å². The van der Waals surface area contributed by atoms with E-state index in [1.165, 1.54) is 0 Å². The Morgan fingerprint density at radius 2 is 0.172 bits per heavy atom. The normalized spacial score (nSPS) is 13.2. The maximum Gasteiger partial charge on any atom is 0.233 e. The van der Waals surface area contributed by atoms with Gasteiger partial charge in [0.05, 0.1) is 0 Å². The van der Waals surface area contributed by atoms with Crippen molar-refractivity contribution in [1.82, 2.24) is 0 Å². The molecule has 8 aromatic rings. The second kappa shape index (κ2) is 16.9. The van der Waals surface area contributed by atoms with E-state index in [-0.39, 0.29) is 44.5 Å². The summed E-state index contributed by atoms with van der Waals surface area (Å²) in [6.45, 7) is 0. The fourth-order valence-corrected chi connectivity index (χ4v) is 7.56. The van der Waals surface area contributed by atoms with Gasteiger partial charge in [0.25, 0.3) is 0 Å². The third-order valence-corrected chi connectivity index (χ3v) is 11.3. The molecule has 0 saturated heterocycles. The zero-order valence-electron chi connectivity index (χ0n) is 33.7. The van der Waals surface area contributed by atoms with Gasteiger partial charge in [-0.2, -0.15) is 0 Å². The summed E-state index contributed by atoms with van der Waals surface area (Å²) >= 11 is 0. The summed E-state index contributed by atoms with van der Waals surface area (Å²) in [5, 5.41) is 0. The summed E-state index contributed by atoms with van der Waals surface area (Å²) in [5.74, 6) is -5.45. The lowest BCUT2D eigenvalue weighted by Gasteiger charge is -2.08. The van der Waals surface area contributed by atoms with Crippen molar-refractivity contribution in [3.8, 4) is 44.5 Å². The molecular weight excluding hydrogens is 801 g/mol. The molecule has 8 heteroatoms. The standard InChI is InChI=1S/C56H32O8/c57-49-41-17-1-33(2-18-41)34-3-19-42(20-4-34)51(59)52(60)44-23-7-37(8-24-44)38-11-27-46(28-12-38)55(63)56(64)48-31-15-40(16-32-48)39-13-29-47(30-14-39)54(62)53(61)45-25-9-36(10-26-45)35-5-21-43(22-6-35)50(49)58/h1-32H. The van der Waals surface area contributed by atoms with Crippen LogP contribution in [0.25, 0.3) is 44.5 Å². The topological polar surface area (TPSA) is 137 Å². The van der Waals surface area contributed by atoms with E-state index in [1.807, 2.05) is 0 Å². The highest BCUT2D eigenvalue weighted by molar-refractivity contribution is 6.51. The summed E-state index contributed by atoms with van der Waals surface area (Å²) in [7, 11) is 0. The first-order valence-electron chi connectivity index (χ1n) is 20.2. The van der Waals surface area contributed by atoms with E-state index >= 15 is 0 Å². The number of ketones is 8. The minimum Gasteiger partial charge on any atom is -0.285 e. The molecule has 8 aromatic carbocycles. The van der Waals surface area contributed by atoms with Gasteiger partial charge >= 0.3 is 0 Å². The van der Waals surface area contributed by atoms with Gasteiger partial charge in [0, 0.05) is 44.5 Å². The number of benzene rings is 8. The van der Waals surface area contributed by atoms with Crippen molar-refractivity contribution in [3.63, 3.8) is 0 Å². The van der Waals surface area contributed by atoms with E-state index in [1.54, 1.807) is 194 Å². The molecule has 0 spiro atoms. The molecular formula is C56H32O8. The Bertz CT molecular complexity index is 2530. The van der Waals surface area contributed by atoms with Crippen LogP contribution in [0.1, 0.15) is 82.9 Å². The summed E-state index contributed by atoms with van der Waals surface area (Å²) in [4.78, 5) is 106. The summed E-state index contributed by atoms with van der Waals surface area (Å²) in [6, 6.07) is 52.2. The van der Waals surface area contributed by atoms with Gasteiger partial charge in [-0.25, -0.2) is 0 Å². The molecule has 0 N–H and O–H groups in total. The molecule has 8 nitrogen and oxygen atoms in total. The van der Waals surface area contributed by atoms with Crippen LogP contribution in [0.2, 0.25) is 0 Å². The largest absolute Gasteiger partial charge is 0.285 e. The van der Waals surface area contributed by atoms with Crippen LogP contribution in [-0.4, -0.2) is 46.3 Å². The Morgan fingerprint density at radius 1 is 0.109 bits per heavy atom. The monoisotopic (exact) mass is 832 g/mol. The first-order valence-corrected chi connectivity index (χ1v) is 20.2. The summed E-state index contributed by atoms with van der Waals surface area (Å²) in [5.41, 5.74) is 7.47. The summed E-state index contributed by atoms with van der Waals surface area (Å²) in [6.07, 6.45) is 0. The number of Topliss-reactive ketones (excluding diaryl/α,β-unsaturated/α-hetero) is 8. The fraction of sp³-hybridized carbons (Fsp3) is 0. The van der Waals surface area contributed by atoms with Crippen LogP contribution in [0.5, 0.6) is 0 Å². The minimum atomic E-state index is -0.681. The lowest BCUT2D eigenvalue weighted by Crippen LogP contribution is -2.14. The highest BCUT2D eigenvalue weighted by Gasteiger charge is 2.23. The number of hydrogen-bond donors (Lipinski definition) is 0. The molecule has 0 radical (unpaired) electrons. The van der Waals surface area contributed by atoms with Crippen LogP contribution in [0, 0.1) is 0 Å². The average Bonchev–Trinajstić information content (AvgIpc) is 3.37. The van der Waals surface area contributed by atoms with Crippen LogP contribution in [0.4, 0.5) is 0 Å². The number of carbonyl (C=O) groups excluding carboxylic acids is 8. The second-order valence-corrected chi connectivity index (χ2v) is 15.3. The Labute approximate surface area is 366 Å². The van der Waals surface area contributed by atoms with E-state index in [4.69, 9.17) is 0 Å². The number of carbonyl (C=O) groups is 8. The van der Waals surface area contributed by atoms with Gasteiger partial charge in [-0.05, 0) is 44.5 Å². The molecule has 304 valence electrons. The van der Waals surface area contributed by atoms with Crippen molar-refractivity contribution in [3.05, 3.63) is 239 Å². The lowest BCUT2D eigenvalue weighted by atomic mass is 9.94. The van der Waals surface area contributed by atoms with Crippen molar-refractivity contribution >= 4 is 46.3 Å². The lowest BCUT2D eigenvalue weighted by molar-refractivity contribution is 0.0817. The van der Waals surface area contributed by atoms with Gasteiger partial charge in [-0.1, -0.05) is 194 Å². The van der Waals surface area contributed by atoms with Gasteiger partial charge in [0.1, 0.15) is 0 Å². The Morgan fingerprint density at radius 3 is 0.250 bits per heavy atom. The average molecular weight is 833 g/mol. The molecule has 0 aliphatic heterocycles. The van der Waals surface area contributed by atoms with Crippen molar-refractivity contribution in [1.29, 1.82) is 0 Å². The number of hydrogen-bond acceptors (Lipinski definition) is 8. The van der Waals surface area contributed by atoms with E-state index in [2.05, 4.69) is 0 Å². The zero-order valence-corrected chi connectivity index (χ0v) is 33.7. The minimum absolute atomic E-state index is 0.204. The molecule has 0 heterocycles. The first-order chi connectivity index (χ1) is 31.0. The third-order valence-electron chi connectivity index (χ3n) is 11.3. The third kappa shape index (κ3) is 7.90. The van der Waals surface area contributed by atoms with Crippen LogP contribution in [0.15, 0.2) is 194 Å². The maximum atomic E-state index is 13.2. The van der Waals surface area contributed by atoms with Crippen LogP contribution in [0.3, 0.4) is 0 Å². The van der Waals surface area contributed by atoms with Gasteiger partial charge in [0.2, 0.25) is 46.3 Å². The maximum absolute atomic E-state index is 13.2. The smallest absolute Gasteiger partial charge is 0.233 e. The quantitative estimate of drug-likeness (QED) is 0.138. The molecule has 13 aliphatic rings. The molecule has 13 aliphatic carbocycles. The molecule has 0 fully saturated rings. The molecule has 0 amide bonds.